The molecule has 0 spiro atoms. The molecule has 1 aliphatic rings. The molecule has 4 heteroatoms. The number of aromatic nitrogens is 1. The minimum Gasteiger partial charge on any atom is -0.357 e. The molecule has 1 saturated heterocycles. The highest BCUT2D eigenvalue weighted by atomic mass is 16.5. The molecule has 1 aliphatic heterocycles. The van der Waals surface area contributed by atoms with Crippen LogP contribution < -0.4 is 10.4 Å². The molecule has 1 fully saturated rings. The van der Waals surface area contributed by atoms with Crippen molar-refractivity contribution >= 4 is 11.5 Å². The Bertz CT molecular complexity index is 338. The second kappa shape index (κ2) is 4.29. The summed E-state index contributed by atoms with van der Waals surface area (Å²) in [6.07, 6.45) is 4.05. The third-order valence-corrected chi connectivity index (χ3v) is 3.32. The topological polar surface area (TPSA) is 48.4 Å². The molecular formula is C12H19N3O. The summed E-state index contributed by atoms with van der Waals surface area (Å²) in [5, 5.41) is 8.70. The summed E-state index contributed by atoms with van der Waals surface area (Å²) >= 11 is 0. The van der Waals surface area contributed by atoms with E-state index in [1.807, 2.05) is 12.1 Å². The Morgan fingerprint density at radius 2 is 2.00 bits per heavy atom. The van der Waals surface area contributed by atoms with E-state index in [0.717, 1.165) is 18.9 Å². The molecule has 16 heavy (non-hydrogen) atoms. The Balaban J connectivity index is 2.03. The largest absolute Gasteiger partial charge is 0.357 e. The highest BCUT2D eigenvalue weighted by Gasteiger charge is 2.25. The van der Waals surface area contributed by atoms with E-state index >= 15 is 0 Å². The molecule has 0 aliphatic carbocycles. The Hall–Kier alpha value is -1.29. The molecule has 2 rings (SSSR count). The fraction of sp³-hybridized carbons (Fsp3) is 0.583. The molecule has 2 N–H and O–H groups in total. The number of nitrogens with zero attached hydrogens (tertiary/aromatic N) is 2. The summed E-state index contributed by atoms with van der Waals surface area (Å²) < 4.78 is 0. The zero-order chi connectivity index (χ0) is 11.6. The molecule has 0 amide bonds. The van der Waals surface area contributed by atoms with Gasteiger partial charge in [0.05, 0.1) is 11.9 Å². The number of piperidine rings is 1. The number of anilines is 2. The summed E-state index contributed by atoms with van der Waals surface area (Å²) in [5.74, 6) is 0.995. The van der Waals surface area contributed by atoms with Gasteiger partial charge in [-0.25, -0.2) is 4.98 Å². The lowest BCUT2D eigenvalue weighted by Crippen LogP contribution is -2.37. The van der Waals surface area contributed by atoms with Crippen LogP contribution in [0.2, 0.25) is 0 Å². The summed E-state index contributed by atoms with van der Waals surface area (Å²) in [6, 6.07) is 3.78. The van der Waals surface area contributed by atoms with Crippen LogP contribution in [0.3, 0.4) is 0 Å². The summed E-state index contributed by atoms with van der Waals surface area (Å²) in [5.41, 5.74) is 3.18. The molecular weight excluding hydrogens is 202 g/mol. The van der Waals surface area contributed by atoms with Gasteiger partial charge in [0.25, 0.3) is 0 Å². The van der Waals surface area contributed by atoms with Gasteiger partial charge in [-0.3, -0.25) is 10.7 Å². The molecule has 4 nitrogen and oxygen atoms in total. The number of nitrogens with one attached hydrogen (secondary N) is 1. The molecule has 0 saturated carbocycles. The van der Waals surface area contributed by atoms with Gasteiger partial charge in [-0.05, 0) is 30.4 Å². The normalized spacial score (nSPS) is 19.6. The van der Waals surface area contributed by atoms with Gasteiger partial charge in [0.2, 0.25) is 0 Å². The van der Waals surface area contributed by atoms with Crippen molar-refractivity contribution < 1.29 is 5.21 Å². The van der Waals surface area contributed by atoms with E-state index in [0.29, 0.717) is 11.1 Å². The van der Waals surface area contributed by atoms with Crippen molar-refractivity contribution in [2.45, 2.75) is 26.7 Å². The van der Waals surface area contributed by atoms with Gasteiger partial charge in [0.1, 0.15) is 5.82 Å². The average molecular weight is 221 g/mol. The van der Waals surface area contributed by atoms with Crippen LogP contribution in [0, 0.1) is 5.41 Å². The van der Waals surface area contributed by atoms with Crippen LogP contribution in [0.5, 0.6) is 0 Å². The Morgan fingerprint density at radius 1 is 1.31 bits per heavy atom. The van der Waals surface area contributed by atoms with E-state index < -0.39 is 0 Å². The number of hydrogen-bond donors (Lipinski definition) is 2. The van der Waals surface area contributed by atoms with Gasteiger partial charge < -0.3 is 4.90 Å². The van der Waals surface area contributed by atoms with E-state index in [1.54, 1.807) is 6.20 Å². The van der Waals surface area contributed by atoms with Crippen LogP contribution in [-0.2, 0) is 0 Å². The first kappa shape index (κ1) is 11.2. The second-order valence-electron chi connectivity index (χ2n) is 5.17. The number of hydrogen-bond acceptors (Lipinski definition) is 4. The Morgan fingerprint density at radius 3 is 2.50 bits per heavy atom. The predicted octanol–water partition coefficient (Wildman–Crippen LogP) is 2.51. The molecule has 1 aromatic rings. The molecule has 88 valence electrons. The summed E-state index contributed by atoms with van der Waals surface area (Å²) in [7, 11) is 0. The van der Waals surface area contributed by atoms with E-state index in [1.165, 1.54) is 12.8 Å². The average Bonchev–Trinajstić information content (AvgIpc) is 2.29. The van der Waals surface area contributed by atoms with Gasteiger partial charge in [0, 0.05) is 13.1 Å². The lowest BCUT2D eigenvalue weighted by atomic mass is 9.83. The minimum absolute atomic E-state index is 0.461. The Labute approximate surface area is 96.3 Å². The van der Waals surface area contributed by atoms with Crippen molar-refractivity contribution in [2.75, 3.05) is 23.5 Å². The smallest absolute Gasteiger partial charge is 0.128 e. The van der Waals surface area contributed by atoms with Crippen molar-refractivity contribution in [3.8, 4) is 0 Å². The zero-order valence-corrected chi connectivity index (χ0v) is 9.90. The lowest BCUT2D eigenvalue weighted by Gasteiger charge is -2.37. The van der Waals surface area contributed by atoms with Crippen LogP contribution in [0.1, 0.15) is 26.7 Å². The van der Waals surface area contributed by atoms with E-state index in [2.05, 4.69) is 29.2 Å². The molecule has 0 bridgehead atoms. The first-order chi connectivity index (χ1) is 7.61. The minimum atomic E-state index is 0.461. The Kier molecular flexibility index (Phi) is 3.01. The van der Waals surface area contributed by atoms with Crippen LogP contribution in [0.25, 0.3) is 0 Å². The zero-order valence-electron chi connectivity index (χ0n) is 9.90. The standard InChI is InChI=1S/C12H19N3O/c1-12(2)5-7-15(8-6-12)11-4-3-10(14-16)9-13-11/h3-4,9,14,16H,5-8H2,1-2H3. The van der Waals surface area contributed by atoms with Gasteiger partial charge in [0.15, 0.2) is 0 Å². The van der Waals surface area contributed by atoms with E-state index in [4.69, 9.17) is 5.21 Å². The molecule has 0 unspecified atom stereocenters. The highest BCUT2D eigenvalue weighted by Crippen LogP contribution is 2.31. The van der Waals surface area contributed by atoms with Crippen molar-refractivity contribution in [3.63, 3.8) is 0 Å². The maximum absolute atomic E-state index is 8.70. The molecule has 1 aromatic heterocycles. The highest BCUT2D eigenvalue weighted by molar-refractivity contribution is 5.47. The summed E-state index contributed by atoms with van der Waals surface area (Å²) in [4.78, 5) is 6.62. The first-order valence-corrected chi connectivity index (χ1v) is 5.72. The lowest BCUT2D eigenvalue weighted by molar-refractivity contribution is 0.279. The maximum atomic E-state index is 8.70. The number of pyridine rings is 1. The first-order valence-electron chi connectivity index (χ1n) is 5.72. The van der Waals surface area contributed by atoms with Crippen molar-refractivity contribution in [1.29, 1.82) is 0 Å². The van der Waals surface area contributed by atoms with Gasteiger partial charge >= 0.3 is 0 Å². The van der Waals surface area contributed by atoms with E-state index in [9.17, 15) is 0 Å². The van der Waals surface area contributed by atoms with Crippen molar-refractivity contribution in [1.82, 2.24) is 4.98 Å². The maximum Gasteiger partial charge on any atom is 0.128 e. The van der Waals surface area contributed by atoms with Crippen molar-refractivity contribution in [3.05, 3.63) is 18.3 Å². The van der Waals surface area contributed by atoms with Crippen LogP contribution >= 0.6 is 0 Å². The second-order valence-corrected chi connectivity index (χ2v) is 5.17. The third-order valence-electron chi connectivity index (χ3n) is 3.32. The summed E-state index contributed by atoms with van der Waals surface area (Å²) in [6.45, 7) is 6.75. The molecule has 2 heterocycles. The fourth-order valence-corrected chi connectivity index (χ4v) is 1.98. The van der Waals surface area contributed by atoms with Crippen LogP contribution in [-0.4, -0.2) is 23.3 Å². The fourth-order valence-electron chi connectivity index (χ4n) is 1.98. The van der Waals surface area contributed by atoms with Gasteiger partial charge in [-0.2, -0.15) is 0 Å². The van der Waals surface area contributed by atoms with Crippen LogP contribution in [0.4, 0.5) is 11.5 Å². The quantitative estimate of drug-likeness (QED) is 0.753. The molecule has 0 radical (unpaired) electrons. The monoisotopic (exact) mass is 221 g/mol. The predicted molar refractivity (Wildman–Crippen MR) is 64.9 cm³/mol. The number of rotatable bonds is 2. The molecule has 0 atom stereocenters. The van der Waals surface area contributed by atoms with Gasteiger partial charge in [-0.15, -0.1) is 0 Å². The molecule has 0 aromatic carbocycles. The van der Waals surface area contributed by atoms with Gasteiger partial charge in [-0.1, -0.05) is 13.8 Å². The SMILES string of the molecule is CC1(C)CCN(c2ccc(NO)cn2)CC1. The third kappa shape index (κ3) is 2.44. The van der Waals surface area contributed by atoms with E-state index in [-0.39, 0.29) is 0 Å². The van der Waals surface area contributed by atoms with Crippen LogP contribution in [0.15, 0.2) is 18.3 Å². The van der Waals surface area contributed by atoms with Crippen molar-refractivity contribution in [2.24, 2.45) is 5.41 Å².